The van der Waals surface area contributed by atoms with E-state index >= 15 is 0 Å². The van der Waals surface area contributed by atoms with E-state index in [0.717, 1.165) is 5.56 Å². The Bertz CT molecular complexity index is 352. The van der Waals surface area contributed by atoms with Crippen molar-refractivity contribution < 1.29 is 14.6 Å². The van der Waals surface area contributed by atoms with Crippen molar-refractivity contribution in [2.45, 2.75) is 19.4 Å². The van der Waals surface area contributed by atoms with Gasteiger partial charge in [-0.1, -0.05) is 18.2 Å². The molecule has 0 saturated carbocycles. The Morgan fingerprint density at radius 1 is 1.50 bits per heavy atom. The van der Waals surface area contributed by atoms with Crippen molar-refractivity contribution in [2.75, 3.05) is 13.7 Å². The average molecular weight is 223 g/mol. The maximum Gasteiger partial charge on any atom is 0.224 e. The molecule has 0 fully saturated rings. The van der Waals surface area contributed by atoms with Crippen molar-refractivity contribution in [1.29, 1.82) is 0 Å². The molecule has 0 aliphatic rings. The largest absolute Gasteiger partial charge is 0.496 e. The highest BCUT2D eigenvalue weighted by molar-refractivity contribution is 5.79. The van der Waals surface area contributed by atoms with Crippen LogP contribution in [0.3, 0.4) is 0 Å². The van der Waals surface area contributed by atoms with Crippen LogP contribution in [0.25, 0.3) is 0 Å². The summed E-state index contributed by atoms with van der Waals surface area (Å²) in [5.74, 6) is 0.584. The van der Waals surface area contributed by atoms with Crippen LogP contribution in [0.1, 0.15) is 12.5 Å². The number of hydrogen-bond donors (Lipinski definition) is 2. The van der Waals surface area contributed by atoms with E-state index < -0.39 is 0 Å². The van der Waals surface area contributed by atoms with Crippen LogP contribution in [-0.2, 0) is 11.2 Å². The maximum atomic E-state index is 11.6. The van der Waals surface area contributed by atoms with Gasteiger partial charge in [0.15, 0.2) is 0 Å². The van der Waals surface area contributed by atoms with Gasteiger partial charge in [0.1, 0.15) is 5.75 Å². The van der Waals surface area contributed by atoms with Crippen LogP contribution in [0.15, 0.2) is 24.3 Å². The topological polar surface area (TPSA) is 58.6 Å². The number of benzene rings is 1. The molecule has 88 valence electrons. The van der Waals surface area contributed by atoms with Gasteiger partial charge in [-0.25, -0.2) is 0 Å². The first-order valence-electron chi connectivity index (χ1n) is 5.19. The first-order valence-corrected chi connectivity index (χ1v) is 5.19. The molecule has 0 aromatic heterocycles. The number of rotatable bonds is 5. The highest BCUT2D eigenvalue weighted by atomic mass is 16.5. The van der Waals surface area contributed by atoms with Gasteiger partial charge in [-0.05, 0) is 13.0 Å². The zero-order valence-electron chi connectivity index (χ0n) is 9.56. The van der Waals surface area contributed by atoms with E-state index in [-0.39, 0.29) is 25.0 Å². The highest BCUT2D eigenvalue weighted by Crippen LogP contribution is 2.17. The number of hydrogen-bond acceptors (Lipinski definition) is 3. The molecule has 1 rings (SSSR count). The second-order valence-electron chi connectivity index (χ2n) is 3.64. The number of aliphatic hydroxyl groups excluding tert-OH is 1. The van der Waals surface area contributed by atoms with Crippen molar-refractivity contribution in [3.05, 3.63) is 29.8 Å². The van der Waals surface area contributed by atoms with Crippen LogP contribution in [0, 0.1) is 0 Å². The summed E-state index contributed by atoms with van der Waals surface area (Å²) in [6.07, 6.45) is 0.258. The van der Waals surface area contributed by atoms with Gasteiger partial charge in [0.05, 0.1) is 20.1 Å². The predicted molar refractivity (Wildman–Crippen MR) is 61.4 cm³/mol. The van der Waals surface area contributed by atoms with Gasteiger partial charge < -0.3 is 15.2 Å². The van der Waals surface area contributed by atoms with Gasteiger partial charge >= 0.3 is 0 Å². The lowest BCUT2D eigenvalue weighted by Crippen LogP contribution is -2.36. The molecule has 4 heteroatoms. The summed E-state index contributed by atoms with van der Waals surface area (Å²) in [7, 11) is 1.58. The second-order valence-corrected chi connectivity index (χ2v) is 3.64. The molecule has 0 bridgehead atoms. The van der Waals surface area contributed by atoms with Gasteiger partial charge in [-0.2, -0.15) is 0 Å². The third-order valence-corrected chi connectivity index (χ3v) is 2.22. The minimum Gasteiger partial charge on any atom is -0.496 e. The summed E-state index contributed by atoms with van der Waals surface area (Å²) in [5.41, 5.74) is 0.840. The molecule has 2 N–H and O–H groups in total. The Morgan fingerprint density at radius 2 is 2.19 bits per heavy atom. The first kappa shape index (κ1) is 12.5. The summed E-state index contributed by atoms with van der Waals surface area (Å²) in [6, 6.07) is 7.17. The number of carbonyl (C=O) groups is 1. The summed E-state index contributed by atoms with van der Waals surface area (Å²) in [6.45, 7) is 1.69. The molecule has 0 spiro atoms. The van der Waals surface area contributed by atoms with Crippen molar-refractivity contribution in [3.63, 3.8) is 0 Å². The van der Waals surface area contributed by atoms with Gasteiger partial charge in [0, 0.05) is 11.6 Å². The Hall–Kier alpha value is -1.55. The van der Waals surface area contributed by atoms with Crippen LogP contribution in [0.4, 0.5) is 0 Å². The van der Waals surface area contributed by atoms with Crippen molar-refractivity contribution in [2.24, 2.45) is 0 Å². The fourth-order valence-electron chi connectivity index (χ4n) is 1.39. The maximum absolute atomic E-state index is 11.6. The number of amides is 1. The number of aliphatic hydroxyl groups is 1. The lowest BCUT2D eigenvalue weighted by molar-refractivity contribution is -0.121. The first-order chi connectivity index (χ1) is 7.67. The number of carbonyl (C=O) groups excluding carboxylic acids is 1. The van der Waals surface area contributed by atoms with E-state index in [9.17, 15) is 4.79 Å². The Labute approximate surface area is 95.2 Å². The van der Waals surface area contributed by atoms with E-state index in [4.69, 9.17) is 9.84 Å². The third-order valence-electron chi connectivity index (χ3n) is 2.22. The molecule has 0 aliphatic heterocycles. The molecular formula is C12H17NO3. The Morgan fingerprint density at radius 3 is 2.81 bits per heavy atom. The van der Waals surface area contributed by atoms with Crippen LogP contribution in [0.5, 0.6) is 5.75 Å². The van der Waals surface area contributed by atoms with Gasteiger partial charge in [0.25, 0.3) is 0 Å². The van der Waals surface area contributed by atoms with E-state index in [1.807, 2.05) is 24.3 Å². The summed E-state index contributed by atoms with van der Waals surface area (Å²) in [4.78, 5) is 11.6. The molecule has 0 aliphatic carbocycles. The van der Waals surface area contributed by atoms with E-state index in [0.29, 0.717) is 5.75 Å². The lowest BCUT2D eigenvalue weighted by atomic mass is 10.1. The monoisotopic (exact) mass is 223 g/mol. The zero-order chi connectivity index (χ0) is 12.0. The van der Waals surface area contributed by atoms with Gasteiger partial charge in [-0.15, -0.1) is 0 Å². The second kappa shape index (κ2) is 6.12. The third kappa shape index (κ3) is 3.55. The fourth-order valence-corrected chi connectivity index (χ4v) is 1.39. The van der Waals surface area contributed by atoms with E-state index in [2.05, 4.69) is 5.32 Å². The molecule has 4 nitrogen and oxygen atoms in total. The molecule has 1 aromatic rings. The minimum atomic E-state index is -0.220. The smallest absolute Gasteiger partial charge is 0.224 e. The van der Waals surface area contributed by atoms with Crippen molar-refractivity contribution in [1.82, 2.24) is 5.32 Å². The van der Waals surface area contributed by atoms with Gasteiger partial charge in [-0.3, -0.25) is 4.79 Å². The molecule has 0 radical (unpaired) electrons. The number of para-hydroxylation sites is 1. The molecule has 1 aromatic carbocycles. The highest BCUT2D eigenvalue weighted by Gasteiger charge is 2.09. The van der Waals surface area contributed by atoms with E-state index in [1.54, 1.807) is 14.0 Å². The molecular weight excluding hydrogens is 206 g/mol. The normalized spacial score (nSPS) is 11.9. The number of nitrogens with one attached hydrogen (secondary N) is 1. The lowest BCUT2D eigenvalue weighted by Gasteiger charge is -2.12. The number of ether oxygens (including phenoxy) is 1. The minimum absolute atomic E-state index is 0.0579. The molecule has 0 saturated heterocycles. The number of methoxy groups -OCH3 is 1. The van der Waals surface area contributed by atoms with Crippen LogP contribution >= 0.6 is 0 Å². The Kier molecular flexibility index (Phi) is 4.79. The molecule has 1 unspecified atom stereocenters. The van der Waals surface area contributed by atoms with E-state index in [1.165, 1.54) is 0 Å². The summed E-state index contributed by atoms with van der Waals surface area (Å²) in [5, 5.41) is 11.5. The summed E-state index contributed by atoms with van der Waals surface area (Å²) < 4.78 is 5.15. The standard InChI is InChI=1S/C12H17NO3/c1-9(8-14)13-12(15)7-10-5-3-4-6-11(10)16-2/h3-6,9,14H,7-8H2,1-2H3,(H,13,15). The van der Waals surface area contributed by atoms with Crippen LogP contribution in [0.2, 0.25) is 0 Å². The molecule has 1 atom stereocenters. The van der Waals surface area contributed by atoms with Crippen LogP contribution < -0.4 is 10.1 Å². The van der Waals surface area contributed by atoms with Crippen molar-refractivity contribution in [3.8, 4) is 5.75 Å². The SMILES string of the molecule is COc1ccccc1CC(=O)NC(C)CO. The summed E-state index contributed by atoms with van der Waals surface area (Å²) >= 11 is 0. The van der Waals surface area contributed by atoms with Crippen LogP contribution in [-0.4, -0.2) is 30.8 Å². The predicted octanol–water partition coefficient (Wildman–Crippen LogP) is 0.735. The zero-order valence-corrected chi connectivity index (χ0v) is 9.56. The fraction of sp³-hybridized carbons (Fsp3) is 0.417. The molecule has 1 amide bonds. The Balaban J connectivity index is 2.62. The average Bonchev–Trinajstić information content (AvgIpc) is 2.29. The quantitative estimate of drug-likeness (QED) is 0.774. The van der Waals surface area contributed by atoms with Gasteiger partial charge in [0.2, 0.25) is 5.91 Å². The van der Waals surface area contributed by atoms with Crippen molar-refractivity contribution >= 4 is 5.91 Å². The molecule has 0 heterocycles. The molecule has 16 heavy (non-hydrogen) atoms.